The van der Waals surface area contributed by atoms with Crippen LogP contribution >= 0.6 is 0 Å². The van der Waals surface area contributed by atoms with E-state index in [2.05, 4.69) is 33.0 Å². The third kappa shape index (κ3) is 9.10. The second kappa shape index (κ2) is 17.4. The fourth-order valence-corrected chi connectivity index (χ4v) is 11.4. The standard InChI is InChI=1S/C37H64N4O11/c1-23(5-8-31(47)48)25-6-7-26-34-27(15-29(45)37(25,26)4)36(3)10-9-24(16-35(36,2)17-28(34)44)38-30(46)18-39(12-14-41(21-42)22-43)11-13-40(19-32(49)50)20-33(51)52/h23-29,34,42-45H,5-22H2,1-4H3,(H,38,46)(H,47,48)(H,49,50)(H,51,52)/t23?,24?,25-,26?,27?,28?,29?,34?,35+,36-,37-/m1/s1. The molecular weight excluding hydrogens is 676 g/mol. The van der Waals surface area contributed by atoms with E-state index in [1.54, 1.807) is 4.90 Å². The van der Waals surface area contributed by atoms with Crippen LogP contribution in [0.1, 0.15) is 85.5 Å². The summed E-state index contributed by atoms with van der Waals surface area (Å²) in [7, 11) is 0. The van der Waals surface area contributed by atoms with Gasteiger partial charge in [0.15, 0.2) is 0 Å². The molecule has 0 aromatic rings. The summed E-state index contributed by atoms with van der Waals surface area (Å²) in [6.45, 7) is 7.79. The number of rotatable bonds is 19. The highest BCUT2D eigenvalue weighted by atomic mass is 16.4. The first kappa shape index (κ1) is 42.3. The summed E-state index contributed by atoms with van der Waals surface area (Å²) >= 11 is 0. The molecule has 4 aliphatic carbocycles. The highest BCUT2D eigenvalue weighted by Gasteiger charge is 2.68. The summed E-state index contributed by atoms with van der Waals surface area (Å²) in [6, 6.07) is -0.150. The van der Waals surface area contributed by atoms with E-state index in [-0.39, 0.29) is 96.9 Å². The lowest BCUT2D eigenvalue weighted by Crippen LogP contribution is -2.66. The molecule has 0 heterocycles. The van der Waals surface area contributed by atoms with Gasteiger partial charge in [-0.1, -0.05) is 27.7 Å². The molecule has 298 valence electrons. The van der Waals surface area contributed by atoms with Crippen molar-refractivity contribution >= 4 is 23.8 Å². The van der Waals surface area contributed by atoms with Crippen LogP contribution in [0, 0.1) is 45.8 Å². The number of hydrogen-bond donors (Lipinski definition) is 8. The average molecular weight is 741 g/mol. The first-order valence-corrected chi connectivity index (χ1v) is 19.1. The van der Waals surface area contributed by atoms with Crippen molar-refractivity contribution in [3.8, 4) is 0 Å². The van der Waals surface area contributed by atoms with Gasteiger partial charge in [0.05, 0.1) is 45.3 Å². The molecule has 4 rings (SSSR count). The Bertz CT molecular complexity index is 1250. The van der Waals surface area contributed by atoms with Gasteiger partial charge >= 0.3 is 17.9 Å². The Morgan fingerprint density at radius 2 is 1.37 bits per heavy atom. The van der Waals surface area contributed by atoms with Crippen LogP contribution in [-0.2, 0) is 19.2 Å². The van der Waals surface area contributed by atoms with Gasteiger partial charge in [-0.3, -0.25) is 33.9 Å². The van der Waals surface area contributed by atoms with E-state index in [0.29, 0.717) is 25.7 Å². The Morgan fingerprint density at radius 1 is 0.769 bits per heavy atom. The smallest absolute Gasteiger partial charge is 0.317 e. The monoisotopic (exact) mass is 740 g/mol. The van der Waals surface area contributed by atoms with Gasteiger partial charge < -0.3 is 41.1 Å². The summed E-state index contributed by atoms with van der Waals surface area (Å²) in [4.78, 5) is 51.9. The molecular formula is C37H64N4O11. The highest BCUT2D eigenvalue weighted by molar-refractivity contribution is 5.78. The molecule has 0 aliphatic heterocycles. The van der Waals surface area contributed by atoms with Crippen LogP contribution < -0.4 is 5.32 Å². The number of carbonyl (C=O) groups excluding carboxylic acids is 1. The van der Waals surface area contributed by atoms with E-state index in [1.165, 1.54) is 9.80 Å². The number of aliphatic hydroxyl groups excluding tert-OH is 4. The van der Waals surface area contributed by atoms with Crippen molar-refractivity contribution in [3.05, 3.63) is 0 Å². The summed E-state index contributed by atoms with van der Waals surface area (Å²) in [5, 5.41) is 73.9. The molecule has 11 atom stereocenters. The predicted molar refractivity (Wildman–Crippen MR) is 190 cm³/mol. The van der Waals surface area contributed by atoms with Crippen molar-refractivity contribution in [2.75, 3.05) is 59.3 Å². The molecule has 4 fully saturated rings. The van der Waals surface area contributed by atoms with Gasteiger partial charge in [-0.2, -0.15) is 0 Å². The summed E-state index contributed by atoms with van der Waals surface area (Å²) in [5.74, 6) is -2.73. The van der Waals surface area contributed by atoms with E-state index in [9.17, 15) is 54.9 Å². The number of carboxylic acid groups (broad SMARTS) is 3. The van der Waals surface area contributed by atoms with Crippen molar-refractivity contribution in [2.24, 2.45) is 45.8 Å². The minimum absolute atomic E-state index is 0.0436. The number of aliphatic carboxylic acids is 3. The number of nitrogens with zero attached hydrogens (tertiary/aromatic N) is 3. The molecule has 15 heteroatoms. The topological polar surface area (TPSA) is 232 Å². The number of nitrogens with one attached hydrogen (secondary N) is 1. The van der Waals surface area contributed by atoms with E-state index in [4.69, 9.17) is 0 Å². The molecule has 0 radical (unpaired) electrons. The lowest BCUT2D eigenvalue weighted by Gasteiger charge is -2.67. The lowest BCUT2D eigenvalue weighted by atomic mass is 9.39. The normalized spacial score (nSPS) is 36.2. The number of aliphatic hydroxyl groups is 4. The molecule has 0 saturated heterocycles. The second-order valence-corrected chi connectivity index (χ2v) is 17.2. The molecule has 0 bridgehead atoms. The molecule has 0 aromatic carbocycles. The zero-order valence-corrected chi connectivity index (χ0v) is 31.5. The molecule has 8 N–H and O–H groups in total. The predicted octanol–water partition coefficient (Wildman–Crippen LogP) is 0.938. The molecule has 15 nitrogen and oxygen atoms in total. The first-order chi connectivity index (χ1) is 24.4. The van der Waals surface area contributed by atoms with Crippen molar-refractivity contribution in [1.29, 1.82) is 0 Å². The molecule has 7 unspecified atom stereocenters. The third-order valence-corrected chi connectivity index (χ3v) is 14.3. The van der Waals surface area contributed by atoms with Crippen molar-refractivity contribution in [1.82, 2.24) is 20.0 Å². The summed E-state index contributed by atoms with van der Waals surface area (Å²) in [5.41, 5.74) is -0.860. The third-order valence-electron chi connectivity index (χ3n) is 14.3. The van der Waals surface area contributed by atoms with Crippen LogP contribution in [0.4, 0.5) is 0 Å². The van der Waals surface area contributed by atoms with Gasteiger partial charge in [0.25, 0.3) is 0 Å². The van der Waals surface area contributed by atoms with Crippen LogP contribution in [0.5, 0.6) is 0 Å². The van der Waals surface area contributed by atoms with E-state index >= 15 is 0 Å². The molecule has 4 aliphatic rings. The Labute approximate surface area is 307 Å². The molecule has 0 aromatic heterocycles. The zero-order chi connectivity index (χ0) is 38.6. The van der Waals surface area contributed by atoms with Gasteiger partial charge in [-0.25, -0.2) is 0 Å². The quantitative estimate of drug-likeness (QED) is 0.0862. The van der Waals surface area contributed by atoms with Crippen LogP contribution in [0.15, 0.2) is 0 Å². The maximum Gasteiger partial charge on any atom is 0.317 e. The highest BCUT2D eigenvalue weighted by Crippen LogP contribution is 2.71. The van der Waals surface area contributed by atoms with Gasteiger partial charge in [0.2, 0.25) is 5.91 Å². The van der Waals surface area contributed by atoms with Crippen molar-refractivity contribution in [2.45, 2.75) is 104 Å². The lowest BCUT2D eigenvalue weighted by molar-refractivity contribution is -0.227. The number of carboxylic acids is 3. The molecule has 4 saturated carbocycles. The SMILES string of the molecule is CC(CCC(=O)O)[C@H]1CCC2C3C(O)C[C@]4(C)CC(NC(=O)CN(CCN(CO)CO)CCN(CC(=O)O)CC(=O)O)CC[C@]4(C)C3CC(O)[C@@]21C. The number of hydrogen-bond acceptors (Lipinski definition) is 11. The Balaban J connectivity index is 1.43. The zero-order valence-electron chi connectivity index (χ0n) is 31.5. The van der Waals surface area contributed by atoms with Gasteiger partial charge in [0, 0.05) is 38.6 Å². The van der Waals surface area contributed by atoms with Gasteiger partial charge in [0.1, 0.15) is 0 Å². The largest absolute Gasteiger partial charge is 0.481 e. The Kier molecular flexibility index (Phi) is 14.2. The molecule has 1 amide bonds. The number of amides is 1. The maximum atomic E-state index is 13.5. The summed E-state index contributed by atoms with van der Waals surface area (Å²) < 4.78 is 0. The van der Waals surface area contributed by atoms with Crippen LogP contribution in [0.3, 0.4) is 0 Å². The average Bonchev–Trinajstić information content (AvgIpc) is 3.41. The van der Waals surface area contributed by atoms with E-state index in [1.807, 2.05) is 0 Å². The Morgan fingerprint density at radius 3 is 1.94 bits per heavy atom. The number of fused-ring (bicyclic) bond motifs is 5. The van der Waals surface area contributed by atoms with E-state index in [0.717, 1.165) is 25.7 Å². The molecule has 52 heavy (non-hydrogen) atoms. The fraction of sp³-hybridized carbons (Fsp3) is 0.892. The fourth-order valence-electron chi connectivity index (χ4n) is 11.4. The minimum atomic E-state index is -1.17. The minimum Gasteiger partial charge on any atom is -0.481 e. The van der Waals surface area contributed by atoms with Crippen LogP contribution in [0.25, 0.3) is 0 Å². The summed E-state index contributed by atoms with van der Waals surface area (Å²) in [6.07, 6.45) is 4.80. The first-order valence-electron chi connectivity index (χ1n) is 19.1. The van der Waals surface area contributed by atoms with Crippen molar-refractivity contribution < 1.29 is 54.9 Å². The van der Waals surface area contributed by atoms with Gasteiger partial charge in [-0.05, 0) is 97.2 Å². The van der Waals surface area contributed by atoms with Crippen LogP contribution in [-0.4, -0.2) is 152 Å². The maximum absolute atomic E-state index is 13.5. The van der Waals surface area contributed by atoms with E-state index < -0.39 is 56.7 Å². The van der Waals surface area contributed by atoms with Crippen LogP contribution in [0.2, 0.25) is 0 Å². The van der Waals surface area contributed by atoms with Gasteiger partial charge in [-0.15, -0.1) is 0 Å². The molecule has 0 spiro atoms. The number of carbonyl (C=O) groups is 4. The van der Waals surface area contributed by atoms with Crippen molar-refractivity contribution in [3.63, 3.8) is 0 Å². The Hall–Kier alpha value is -2.40. The second-order valence-electron chi connectivity index (χ2n) is 17.2.